The maximum absolute atomic E-state index is 13.1. The highest BCUT2D eigenvalue weighted by Crippen LogP contribution is 2.43. The maximum atomic E-state index is 13.1. The molecule has 3 amide bonds. The van der Waals surface area contributed by atoms with Crippen molar-refractivity contribution in [2.45, 2.75) is 0 Å². The highest BCUT2D eigenvalue weighted by Gasteiger charge is 2.41. The van der Waals surface area contributed by atoms with E-state index >= 15 is 0 Å². The van der Waals surface area contributed by atoms with Gasteiger partial charge in [0.05, 0.1) is 26.2 Å². The summed E-state index contributed by atoms with van der Waals surface area (Å²) in [7, 11) is 0. The van der Waals surface area contributed by atoms with E-state index in [2.05, 4.69) is 5.32 Å². The second-order valence-electron chi connectivity index (χ2n) is 5.64. The minimum atomic E-state index is -0.588. The second-order valence-corrected chi connectivity index (χ2v) is 8.14. The minimum absolute atomic E-state index is 0.154. The van der Waals surface area contributed by atoms with Crippen LogP contribution in [0.3, 0.4) is 0 Å². The Morgan fingerprint density at radius 1 is 1.07 bits per heavy atom. The van der Waals surface area contributed by atoms with Crippen molar-refractivity contribution in [3.63, 3.8) is 0 Å². The lowest BCUT2D eigenvalue weighted by Gasteiger charge is -2.15. The van der Waals surface area contributed by atoms with Gasteiger partial charge in [-0.2, -0.15) is 0 Å². The number of carbonyl (C=O) groups is 3. The van der Waals surface area contributed by atoms with Crippen LogP contribution in [0.25, 0.3) is 5.57 Å². The Kier molecular flexibility index (Phi) is 4.55. The van der Waals surface area contributed by atoms with E-state index < -0.39 is 17.7 Å². The number of nitrogens with zero attached hydrogens (tertiary/aromatic N) is 1. The quantitative estimate of drug-likeness (QED) is 0.416. The molecule has 1 N–H and O–H groups in total. The number of nitrogens with one attached hydrogen (secondary N) is 1. The zero-order chi connectivity index (χ0) is 19.3. The van der Waals surface area contributed by atoms with E-state index in [9.17, 15) is 14.4 Å². The number of hydrogen-bond donors (Lipinski definition) is 1. The Morgan fingerprint density at radius 3 is 2.48 bits per heavy atom. The molecule has 0 unspecified atom stereocenters. The van der Waals surface area contributed by atoms with Crippen LogP contribution in [-0.4, -0.2) is 22.0 Å². The molecule has 2 aromatic carbocycles. The third-order valence-electron chi connectivity index (χ3n) is 4.04. The van der Waals surface area contributed by atoms with Crippen molar-refractivity contribution in [1.82, 2.24) is 5.32 Å². The molecular formula is C18H8Cl2N2O3S2. The molecule has 2 aliphatic heterocycles. The van der Waals surface area contributed by atoms with Crippen molar-refractivity contribution in [1.29, 1.82) is 0 Å². The van der Waals surface area contributed by atoms with Gasteiger partial charge in [-0.3, -0.25) is 14.4 Å². The summed E-state index contributed by atoms with van der Waals surface area (Å²) in [6, 6.07) is 11.2. The lowest BCUT2D eigenvalue weighted by molar-refractivity contribution is -0.116. The third-order valence-corrected chi connectivity index (χ3v) is 6.02. The van der Waals surface area contributed by atoms with Gasteiger partial charge in [0.2, 0.25) is 0 Å². The molecular weight excluding hydrogens is 427 g/mol. The Labute approximate surface area is 173 Å². The molecule has 2 heterocycles. The Morgan fingerprint density at radius 2 is 1.81 bits per heavy atom. The van der Waals surface area contributed by atoms with Gasteiger partial charge in [-0.15, -0.1) is 0 Å². The number of benzene rings is 2. The standard InChI is InChI=1S/C18H8Cl2N2O3S2/c19-10-6-5-8(7-11(10)20)16(24)22-12-4-2-1-3-9(12)13(17(22)25)14-15(23)21-18(26)27-14/h1-7H,(H,21,23,26)/b14-13+. The Balaban J connectivity index is 1.86. The first-order chi connectivity index (χ1) is 12.9. The SMILES string of the molecule is O=C1NC(=S)S/C1=C1/C(=O)N(C(=O)c2ccc(Cl)c(Cl)c2)c2ccccc21. The maximum Gasteiger partial charge on any atom is 0.267 e. The van der Waals surface area contributed by atoms with Gasteiger partial charge >= 0.3 is 0 Å². The fourth-order valence-electron chi connectivity index (χ4n) is 2.87. The van der Waals surface area contributed by atoms with Crippen LogP contribution in [0, 0.1) is 0 Å². The summed E-state index contributed by atoms with van der Waals surface area (Å²) in [6.45, 7) is 0. The molecule has 5 nitrogen and oxygen atoms in total. The van der Waals surface area contributed by atoms with Crippen molar-refractivity contribution < 1.29 is 14.4 Å². The monoisotopic (exact) mass is 434 g/mol. The molecule has 0 aliphatic carbocycles. The molecule has 0 radical (unpaired) electrons. The van der Waals surface area contributed by atoms with Crippen LogP contribution in [0.4, 0.5) is 5.69 Å². The van der Waals surface area contributed by atoms with Gasteiger partial charge in [0.25, 0.3) is 17.7 Å². The largest absolute Gasteiger partial charge is 0.307 e. The summed E-state index contributed by atoms with van der Waals surface area (Å²) in [5.74, 6) is -1.60. The first-order valence-electron chi connectivity index (χ1n) is 7.59. The van der Waals surface area contributed by atoms with Gasteiger partial charge in [0.1, 0.15) is 4.32 Å². The van der Waals surface area contributed by atoms with Gasteiger partial charge in [-0.05, 0) is 24.3 Å². The van der Waals surface area contributed by atoms with Gasteiger partial charge in [-0.1, -0.05) is 65.4 Å². The van der Waals surface area contributed by atoms with Crippen molar-refractivity contribution in [2.75, 3.05) is 4.90 Å². The highest BCUT2D eigenvalue weighted by molar-refractivity contribution is 8.27. The van der Waals surface area contributed by atoms with Crippen molar-refractivity contribution >= 4 is 80.5 Å². The number of carbonyl (C=O) groups excluding carboxylic acids is 3. The van der Waals surface area contributed by atoms with Gasteiger partial charge in [-0.25, -0.2) is 4.90 Å². The number of para-hydroxylation sites is 1. The Bertz CT molecular complexity index is 1100. The normalized spacial score (nSPS) is 18.7. The fourth-order valence-corrected chi connectivity index (χ4v) is 4.29. The van der Waals surface area contributed by atoms with E-state index in [0.29, 0.717) is 16.3 Å². The molecule has 0 aromatic heterocycles. The van der Waals surface area contributed by atoms with Crippen molar-refractivity contribution in [3.05, 3.63) is 68.5 Å². The molecule has 2 aromatic rings. The van der Waals surface area contributed by atoms with E-state index in [1.165, 1.54) is 18.2 Å². The minimum Gasteiger partial charge on any atom is -0.307 e. The number of amides is 3. The molecule has 9 heteroatoms. The number of fused-ring (bicyclic) bond motifs is 1. The lowest BCUT2D eigenvalue weighted by Crippen LogP contribution is -2.33. The molecule has 1 saturated heterocycles. The summed E-state index contributed by atoms with van der Waals surface area (Å²) >= 11 is 17.9. The number of rotatable bonds is 1. The molecule has 27 heavy (non-hydrogen) atoms. The molecule has 134 valence electrons. The van der Waals surface area contributed by atoms with Crippen molar-refractivity contribution in [3.8, 4) is 0 Å². The lowest BCUT2D eigenvalue weighted by atomic mass is 10.1. The fraction of sp³-hybridized carbons (Fsp3) is 0. The zero-order valence-corrected chi connectivity index (χ0v) is 16.4. The van der Waals surface area contributed by atoms with Crippen LogP contribution < -0.4 is 10.2 Å². The highest BCUT2D eigenvalue weighted by atomic mass is 35.5. The molecule has 0 atom stereocenters. The molecule has 0 bridgehead atoms. The van der Waals surface area contributed by atoms with E-state index in [-0.39, 0.29) is 25.4 Å². The van der Waals surface area contributed by atoms with E-state index in [1.807, 2.05) is 0 Å². The average Bonchev–Trinajstić information content (AvgIpc) is 3.11. The van der Waals surface area contributed by atoms with Crippen LogP contribution in [0.1, 0.15) is 15.9 Å². The molecule has 0 spiro atoms. The van der Waals surface area contributed by atoms with E-state index in [0.717, 1.165) is 16.7 Å². The van der Waals surface area contributed by atoms with Crippen LogP contribution >= 0.6 is 47.2 Å². The summed E-state index contributed by atoms with van der Waals surface area (Å²) in [5.41, 5.74) is 1.25. The molecule has 4 rings (SSSR count). The van der Waals surface area contributed by atoms with Crippen LogP contribution in [-0.2, 0) is 9.59 Å². The summed E-state index contributed by atoms with van der Waals surface area (Å²) in [5, 5.41) is 3.00. The predicted molar refractivity (Wildman–Crippen MR) is 110 cm³/mol. The number of thioether (sulfide) groups is 1. The van der Waals surface area contributed by atoms with Crippen molar-refractivity contribution in [2.24, 2.45) is 0 Å². The number of anilines is 1. The number of imide groups is 1. The number of halogens is 2. The van der Waals surface area contributed by atoms with Gasteiger partial charge in [0.15, 0.2) is 0 Å². The first-order valence-corrected chi connectivity index (χ1v) is 9.57. The smallest absolute Gasteiger partial charge is 0.267 e. The second kappa shape index (κ2) is 6.76. The van der Waals surface area contributed by atoms with Crippen LogP contribution in [0.15, 0.2) is 47.4 Å². The first kappa shape index (κ1) is 18.2. The summed E-state index contributed by atoms with van der Waals surface area (Å²) in [6.07, 6.45) is 0. The van der Waals surface area contributed by atoms with Crippen LogP contribution in [0.5, 0.6) is 0 Å². The van der Waals surface area contributed by atoms with Crippen LogP contribution in [0.2, 0.25) is 10.0 Å². The predicted octanol–water partition coefficient (Wildman–Crippen LogP) is 4.04. The molecule has 0 saturated carbocycles. The summed E-state index contributed by atoms with van der Waals surface area (Å²) < 4.78 is 0.266. The van der Waals surface area contributed by atoms with E-state index in [4.69, 9.17) is 35.4 Å². The zero-order valence-electron chi connectivity index (χ0n) is 13.3. The average molecular weight is 435 g/mol. The summed E-state index contributed by atoms with van der Waals surface area (Å²) in [4.78, 5) is 39.6. The Hall–Kier alpha value is -2.19. The van der Waals surface area contributed by atoms with Gasteiger partial charge < -0.3 is 5.32 Å². The molecule has 2 aliphatic rings. The number of thiocarbonyl (C=S) groups is 1. The molecule has 1 fully saturated rings. The number of hydrogen-bond acceptors (Lipinski definition) is 5. The van der Waals surface area contributed by atoms with Gasteiger partial charge in [0, 0.05) is 11.1 Å². The van der Waals surface area contributed by atoms with E-state index in [1.54, 1.807) is 24.3 Å². The topological polar surface area (TPSA) is 66.5 Å². The third kappa shape index (κ3) is 2.96.